The van der Waals surface area contributed by atoms with Crippen molar-refractivity contribution in [3.8, 4) is 0 Å². The summed E-state index contributed by atoms with van der Waals surface area (Å²) in [6.45, 7) is 4.41. The summed E-state index contributed by atoms with van der Waals surface area (Å²) < 4.78 is 23.8. The molecule has 2 rings (SSSR count). The Morgan fingerprint density at radius 1 is 1.44 bits per heavy atom. The van der Waals surface area contributed by atoms with Crippen molar-refractivity contribution < 1.29 is 13.9 Å². The Bertz CT molecular complexity index is 563. The Balaban J connectivity index is 0.00000312. The second-order valence-corrected chi connectivity index (χ2v) is 6.22. The summed E-state index contributed by atoms with van der Waals surface area (Å²) in [5, 5.41) is 3.44. The SMILES string of the molecule is CN=C(NCc1ccc(F)c(Cl)c1)N1CCC(COCCOC)C1.I. The zero-order valence-electron chi connectivity index (χ0n) is 14.6. The number of benzene rings is 1. The van der Waals surface area contributed by atoms with E-state index in [0.717, 1.165) is 37.6 Å². The molecule has 0 radical (unpaired) electrons. The first-order valence-corrected chi connectivity index (χ1v) is 8.48. The number of likely N-dealkylation sites (tertiary alicyclic amines) is 1. The van der Waals surface area contributed by atoms with E-state index in [1.165, 1.54) is 6.07 Å². The molecule has 0 amide bonds. The van der Waals surface area contributed by atoms with E-state index >= 15 is 0 Å². The van der Waals surface area contributed by atoms with E-state index in [4.69, 9.17) is 21.1 Å². The highest BCUT2D eigenvalue weighted by atomic mass is 127. The van der Waals surface area contributed by atoms with Gasteiger partial charge in [-0.25, -0.2) is 4.39 Å². The zero-order chi connectivity index (χ0) is 17.4. The van der Waals surface area contributed by atoms with Gasteiger partial charge in [-0.15, -0.1) is 24.0 Å². The van der Waals surface area contributed by atoms with Crippen LogP contribution in [0.3, 0.4) is 0 Å². The molecule has 0 aromatic heterocycles. The molecule has 1 heterocycles. The van der Waals surface area contributed by atoms with Crippen molar-refractivity contribution in [1.29, 1.82) is 0 Å². The van der Waals surface area contributed by atoms with Gasteiger partial charge in [-0.3, -0.25) is 4.99 Å². The second-order valence-electron chi connectivity index (χ2n) is 5.82. The van der Waals surface area contributed by atoms with Crippen LogP contribution in [0.25, 0.3) is 0 Å². The number of ether oxygens (including phenoxy) is 2. The quantitative estimate of drug-likeness (QED) is 0.279. The first kappa shape index (κ1) is 22.4. The number of nitrogens with zero attached hydrogens (tertiary/aromatic N) is 2. The van der Waals surface area contributed by atoms with Gasteiger partial charge < -0.3 is 19.7 Å². The Hall–Kier alpha value is -0.640. The fraction of sp³-hybridized carbons (Fsp3) is 0.588. The predicted molar refractivity (Wildman–Crippen MR) is 109 cm³/mol. The number of hydrogen-bond acceptors (Lipinski definition) is 3. The van der Waals surface area contributed by atoms with Gasteiger partial charge in [0.25, 0.3) is 0 Å². The number of rotatable bonds is 7. The molecule has 1 unspecified atom stereocenters. The van der Waals surface area contributed by atoms with E-state index in [2.05, 4.69) is 15.2 Å². The molecule has 0 saturated carbocycles. The number of guanidine groups is 1. The summed E-state index contributed by atoms with van der Waals surface area (Å²) in [6, 6.07) is 4.73. The fourth-order valence-electron chi connectivity index (χ4n) is 2.72. The molecule has 1 N–H and O–H groups in total. The lowest BCUT2D eigenvalue weighted by atomic mass is 10.1. The molecule has 5 nitrogen and oxygen atoms in total. The van der Waals surface area contributed by atoms with Gasteiger partial charge in [0.2, 0.25) is 0 Å². The highest BCUT2D eigenvalue weighted by Crippen LogP contribution is 2.18. The molecule has 0 spiro atoms. The van der Waals surface area contributed by atoms with E-state index < -0.39 is 5.82 Å². The second kappa shape index (κ2) is 11.9. The summed E-state index contributed by atoms with van der Waals surface area (Å²) in [6.07, 6.45) is 1.08. The molecule has 1 aromatic rings. The van der Waals surface area contributed by atoms with Gasteiger partial charge in [-0.05, 0) is 24.1 Å². The normalized spacial score (nSPS) is 17.5. The summed E-state index contributed by atoms with van der Waals surface area (Å²) in [4.78, 5) is 6.55. The monoisotopic (exact) mass is 485 g/mol. The molecule has 1 aliphatic rings. The summed E-state index contributed by atoms with van der Waals surface area (Å²) in [7, 11) is 3.44. The highest BCUT2D eigenvalue weighted by molar-refractivity contribution is 14.0. The number of hydrogen-bond donors (Lipinski definition) is 1. The lowest BCUT2D eigenvalue weighted by molar-refractivity contribution is 0.0536. The lowest BCUT2D eigenvalue weighted by Gasteiger charge is -2.22. The Kier molecular flexibility index (Phi) is 10.6. The van der Waals surface area contributed by atoms with Crippen LogP contribution in [0, 0.1) is 11.7 Å². The third-order valence-corrected chi connectivity index (χ3v) is 4.31. The maximum atomic E-state index is 13.2. The Morgan fingerprint density at radius 3 is 2.92 bits per heavy atom. The number of methoxy groups -OCH3 is 1. The zero-order valence-corrected chi connectivity index (χ0v) is 17.7. The molecule has 0 bridgehead atoms. The van der Waals surface area contributed by atoms with Gasteiger partial charge in [0.15, 0.2) is 5.96 Å². The third kappa shape index (κ3) is 7.24. The van der Waals surface area contributed by atoms with Crippen LogP contribution in [0.1, 0.15) is 12.0 Å². The van der Waals surface area contributed by atoms with Crippen LogP contribution in [0.2, 0.25) is 5.02 Å². The fourth-order valence-corrected chi connectivity index (χ4v) is 2.92. The molecular formula is C17H26ClFIN3O2. The summed E-state index contributed by atoms with van der Waals surface area (Å²) >= 11 is 5.81. The minimum absolute atomic E-state index is 0. The van der Waals surface area contributed by atoms with Gasteiger partial charge >= 0.3 is 0 Å². The van der Waals surface area contributed by atoms with E-state index in [9.17, 15) is 4.39 Å². The van der Waals surface area contributed by atoms with Crippen molar-refractivity contribution in [2.24, 2.45) is 10.9 Å². The molecule has 0 aliphatic carbocycles. The first-order valence-electron chi connectivity index (χ1n) is 8.10. The lowest BCUT2D eigenvalue weighted by Crippen LogP contribution is -2.39. The van der Waals surface area contributed by atoms with Crippen molar-refractivity contribution in [3.05, 3.63) is 34.6 Å². The molecule has 1 aliphatic heterocycles. The van der Waals surface area contributed by atoms with Crippen LogP contribution >= 0.6 is 35.6 Å². The van der Waals surface area contributed by atoms with Crippen molar-refractivity contribution in [2.45, 2.75) is 13.0 Å². The molecule has 8 heteroatoms. The molecule has 1 aromatic carbocycles. The smallest absolute Gasteiger partial charge is 0.193 e. The van der Waals surface area contributed by atoms with Gasteiger partial charge in [0.1, 0.15) is 5.82 Å². The van der Waals surface area contributed by atoms with Gasteiger partial charge in [0.05, 0.1) is 24.8 Å². The van der Waals surface area contributed by atoms with Crippen molar-refractivity contribution in [2.75, 3.05) is 47.1 Å². The van der Waals surface area contributed by atoms with Crippen LogP contribution in [0.15, 0.2) is 23.2 Å². The molecule has 1 saturated heterocycles. The van der Waals surface area contributed by atoms with Gasteiger partial charge in [-0.2, -0.15) is 0 Å². The van der Waals surface area contributed by atoms with Crippen LogP contribution in [0.4, 0.5) is 4.39 Å². The number of aliphatic imine (C=N–C) groups is 1. The first-order chi connectivity index (χ1) is 11.6. The molecule has 1 atom stereocenters. The van der Waals surface area contributed by atoms with Crippen LogP contribution in [-0.2, 0) is 16.0 Å². The van der Waals surface area contributed by atoms with Crippen LogP contribution in [-0.4, -0.2) is 57.9 Å². The van der Waals surface area contributed by atoms with Crippen molar-refractivity contribution in [3.63, 3.8) is 0 Å². The van der Waals surface area contributed by atoms with E-state index in [-0.39, 0.29) is 29.0 Å². The minimum Gasteiger partial charge on any atom is -0.382 e. The topological polar surface area (TPSA) is 46.1 Å². The molecule has 1 fully saturated rings. The van der Waals surface area contributed by atoms with E-state index in [1.54, 1.807) is 26.3 Å². The number of nitrogens with one attached hydrogen (secondary N) is 1. The Morgan fingerprint density at radius 2 is 2.24 bits per heavy atom. The van der Waals surface area contributed by atoms with Crippen LogP contribution < -0.4 is 5.32 Å². The largest absolute Gasteiger partial charge is 0.382 e. The molecular weight excluding hydrogens is 460 g/mol. The van der Waals surface area contributed by atoms with Crippen molar-refractivity contribution in [1.82, 2.24) is 10.2 Å². The third-order valence-electron chi connectivity index (χ3n) is 4.02. The van der Waals surface area contributed by atoms with E-state index in [1.807, 2.05) is 0 Å². The maximum Gasteiger partial charge on any atom is 0.193 e. The van der Waals surface area contributed by atoms with E-state index in [0.29, 0.717) is 25.7 Å². The summed E-state index contributed by atoms with van der Waals surface area (Å²) in [5.74, 6) is 0.941. The molecule has 25 heavy (non-hydrogen) atoms. The Labute approximate surface area is 170 Å². The average molecular weight is 486 g/mol. The molecule has 142 valence electrons. The average Bonchev–Trinajstić information content (AvgIpc) is 3.04. The maximum absolute atomic E-state index is 13.2. The minimum atomic E-state index is -0.402. The predicted octanol–water partition coefficient (Wildman–Crippen LogP) is 3.16. The van der Waals surface area contributed by atoms with Gasteiger partial charge in [-0.1, -0.05) is 17.7 Å². The van der Waals surface area contributed by atoms with Crippen LogP contribution in [0.5, 0.6) is 0 Å². The standard InChI is InChI=1S/C17H25ClFN3O2.HI/c1-20-17(21-10-13-3-4-16(19)15(18)9-13)22-6-5-14(11-22)12-24-8-7-23-2;/h3-4,9,14H,5-8,10-12H2,1-2H3,(H,20,21);1H. The number of halogens is 3. The van der Waals surface area contributed by atoms with Crippen molar-refractivity contribution >= 4 is 41.5 Å². The van der Waals surface area contributed by atoms with Gasteiger partial charge in [0, 0.05) is 39.7 Å². The summed E-state index contributed by atoms with van der Waals surface area (Å²) in [5.41, 5.74) is 0.918. The highest BCUT2D eigenvalue weighted by Gasteiger charge is 2.24.